The third-order valence-electron chi connectivity index (χ3n) is 5.58. The van der Waals surface area contributed by atoms with Crippen molar-refractivity contribution in [2.75, 3.05) is 7.11 Å². The molecule has 0 unspecified atom stereocenters. The van der Waals surface area contributed by atoms with Crippen LogP contribution >= 0.6 is 0 Å². The molecular formula is C25H32O4. The molecule has 29 heavy (non-hydrogen) atoms. The number of aryl methyl sites for hydroxylation is 1. The second-order valence-corrected chi connectivity index (χ2v) is 8.87. The molecule has 4 heteroatoms. The standard InChI is InChI=1S/C25H32O4/c1-25(2,3)24-17(13-15-23(26)27)8-7-11-20(24)18-12-14-21(28-4)22(16-18)29-19-9-5-6-10-19/h7-8,11-12,14,16,19H,5-6,9-10,13,15H2,1-4H3,(H,26,27). The fourth-order valence-electron chi connectivity index (χ4n) is 4.30. The lowest BCUT2D eigenvalue weighted by Crippen LogP contribution is -2.17. The molecule has 0 heterocycles. The molecule has 2 aromatic rings. The molecule has 0 radical (unpaired) electrons. The highest BCUT2D eigenvalue weighted by atomic mass is 16.5. The smallest absolute Gasteiger partial charge is 0.303 e. The molecule has 2 aromatic carbocycles. The Morgan fingerprint density at radius 2 is 1.83 bits per heavy atom. The number of benzene rings is 2. The first-order valence-electron chi connectivity index (χ1n) is 10.5. The Balaban J connectivity index is 2.04. The molecule has 0 aromatic heterocycles. The van der Waals surface area contributed by atoms with Gasteiger partial charge in [-0.3, -0.25) is 4.79 Å². The van der Waals surface area contributed by atoms with E-state index in [1.165, 1.54) is 18.4 Å². The first kappa shape index (κ1) is 21.2. The van der Waals surface area contributed by atoms with Gasteiger partial charge >= 0.3 is 5.97 Å². The second kappa shape index (κ2) is 8.89. The van der Waals surface area contributed by atoms with E-state index in [9.17, 15) is 4.79 Å². The van der Waals surface area contributed by atoms with Crippen LogP contribution in [0.2, 0.25) is 0 Å². The molecule has 1 aliphatic rings. The van der Waals surface area contributed by atoms with Crippen LogP contribution in [0, 0.1) is 0 Å². The van der Waals surface area contributed by atoms with Crippen molar-refractivity contribution in [3.05, 3.63) is 47.5 Å². The molecule has 1 aliphatic carbocycles. The molecule has 156 valence electrons. The quantitative estimate of drug-likeness (QED) is 0.624. The minimum atomic E-state index is -0.771. The summed E-state index contributed by atoms with van der Waals surface area (Å²) in [5.74, 6) is 0.764. The number of rotatable bonds is 7. The topological polar surface area (TPSA) is 55.8 Å². The van der Waals surface area contributed by atoms with Crippen LogP contribution in [0.5, 0.6) is 11.5 Å². The Bertz CT molecular complexity index is 858. The van der Waals surface area contributed by atoms with E-state index in [0.717, 1.165) is 41.0 Å². The zero-order valence-corrected chi connectivity index (χ0v) is 18.0. The highest BCUT2D eigenvalue weighted by Gasteiger charge is 2.24. The summed E-state index contributed by atoms with van der Waals surface area (Å²) < 4.78 is 11.8. The van der Waals surface area contributed by atoms with Crippen LogP contribution in [0.4, 0.5) is 0 Å². The molecule has 1 N–H and O–H groups in total. The van der Waals surface area contributed by atoms with Gasteiger partial charge in [-0.2, -0.15) is 0 Å². The summed E-state index contributed by atoms with van der Waals surface area (Å²) >= 11 is 0. The summed E-state index contributed by atoms with van der Waals surface area (Å²) in [6.45, 7) is 6.53. The van der Waals surface area contributed by atoms with Gasteiger partial charge in [-0.15, -0.1) is 0 Å². The average Bonchev–Trinajstić information content (AvgIpc) is 3.18. The van der Waals surface area contributed by atoms with Crippen LogP contribution in [0.1, 0.15) is 64.0 Å². The molecule has 0 aliphatic heterocycles. The van der Waals surface area contributed by atoms with Gasteiger partial charge in [-0.05, 0) is 71.9 Å². The van der Waals surface area contributed by atoms with E-state index in [1.807, 2.05) is 18.2 Å². The van der Waals surface area contributed by atoms with Crippen LogP contribution < -0.4 is 9.47 Å². The molecule has 0 atom stereocenters. The lowest BCUT2D eigenvalue weighted by molar-refractivity contribution is -0.136. The van der Waals surface area contributed by atoms with E-state index >= 15 is 0 Å². The van der Waals surface area contributed by atoms with E-state index in [0.29, 0.717) is 6.42 Å². The van der Waals surface area contributed by atoms with Crippen LogP contribution in [-0.2, 0) is 16.6 Å². The zero-order valence-electron chi connectivity index (χ0n) is 18.0. The number of ether oxygens (including phenoxy) is 2. The van der Waals surface area contributed by atoms with Crippen molar-refractivity contribution in [1.29, 1.82) is 0 Å². The molecule has 0 spiro atoms. The Kier molecular flexibility index (Phi) is 6.51. The fraction of sp³-hybridized carbons (Fsp3) is 0.480. The van der Waals surface area contributed by atoms with Crippen molar-refractivity contribution in [1.82, 2.24) is 0 Å². The van der Waals surface area contributed by atoms with E-state index in [-0.39, 0.29) is 17.9 Å². The number of aliphatic carboxylic acids is 1. The summed E-state index contributed by atoms with van der Waals surface area (Å²) in [5.41, 5.74) is 4.36. The SMILES string of the molecule is COc1ccc(-c2cccc(CCC(=O)O)c2C(C)(C)C)cc1OC1CCCC1. The summed E-state index contributed by atoms with van der Waals surface area (Å²) in [5, 5.41) is 9.15. The number of carboxylic acids is 1. The maximum absolute atomic E-state index is 11.1. The largest absolute Gasteiger partial charge is 0.493 e. The van der Waals surface area contributed by atoms with Gasteiger partial charge in [-0.25, -0.2) is 0 Å². The summed E-state index contributed by atoms with van der Waals surface area (Å²) in [4.78, 5) is 11.1. The van der Waals surface area contributed by atoms with Gasteiger partial charge in [0.05, 0.1) is 13.2 Å². The van der Waals surface area contributed by atoms with E-state index < -0.39 is 5.97 Å². The van der Waals surface area contributed by atoms with Crippen molar-refractivity contribution >= 4 is 5.97 Å². The molecule has 1 fully saturated rings. The van der Waals surface area contributed by atoms with Crippen LogP contribution in [-0.4, -0.2) is 24.3 Å². The van der Waals surface area contributed by atoms with Crippen molar-refractivity contribution < 1.29 is 19.4 Å². The summed E-state index contributed by atoms with van der Waals surface area (Å²) in [6.07, 6.45) is 5.51. The van der Waals surface area contributed by atoms with E-state index in [1.54, 1.807) is 7.11 Å². The molecule has 0 amide bonds. The fourth-order valence-corrected chi connectivity index (χ4v) is 4.30. The predicted molar refractivity (Wildman–Crippen MR) is 116 cm³/mol. The summed E-state index contributed by atoms with van der Waals surface area (Å²) in [6, 6.07) is 12.3. The van der Waals surface area contributed by atoms with Crippen molar-refractivity contribution in [3.63, 3.8) is 0 Å². The Labute approximate surface area is 173 Å². The van der Waals surface area contributed by atoms with E-state index in [4.69, 9.17) is 14.6 Å². The molecule has 0 bridgehead atoms. The lowest BCUT2D eigenvalue weighted by atomic mass is 9.78. The Hall–Kier alpha value is -2.49. The number of methoxy groups -OCH3 is 1. The summed E-state index contributed by atoms with van der Waals surface area (Å²) in [7, 11) is 1.67. The maximum atomic E-state index is 11.1. The van der Waals surface area contributed by atoms with Gasteiger partial charge < -0.3 is 14.6 Å². The van der Waals surface area contributed by atoms with Gasteiger partial charge in [0.25, 0.3) is 0 Å². The molecule has 1 saturated carbocycles. The maximum Gasteiger partial charge on any atom is 0.303 e. The second-order valence-electron chi connectivity index (χ2n) is 8.87. The molecular weight excluding hydrogens is 364 g/mol. The van der Waals surface area contributed by atoms with Gasteiger partial charge in [-0.1, -0.05) is 45.0 Å². The van der Waals surface area contributed by atoms with E-state index in [2.05, 4.69) is 39.0 Å². The van der Waals surface area contributed by atoms with Crippen LogP contribution in [0.15, 0.2) is 36.4 Å². The minimum absolute atomic E-state index is 0.114. The number of carboxylic acid groups (broad SMARTS) is 1. The van der Waals surface area contributed by atoms with Crippen molar-refractivity contribution in [3.8, 4) is 22.6 Å². The highest BCUT2D eigenvalue weighted by molar-refractivity contribution is 5.73. The van der Waals surface area contributed by atoms with Crippen LogP contribution in [0.25, 0.3) is 11.1 Å². The molecule has 4 nitrogen and oxygen atoms in total. The Morgan fingerprint density at radius 1 is 1.10 bits per heavy atom. The first-order valence-corrected chi connectivity index (χ1v) is 10.5. The lowest BCUT2D eigenvalue weighted by Gasteiger charge is -2.27. The van der Waals surface area contributed by atoms with Gasteiger partial charge in [0, 0.05) is 6.42 Å². The average molecular weight is 397 g/mol. The van der Waals surface area contributed by atoms with Crippen LogP contribution in [0.3, 0.4) is 0 Å². The third kappa shape index (κ3) is 5.11. The first-order chi connectivity index (χ1) is 13.8. The number of hydrogen-bond donors (Lipinski definition) is 1. The monoisotopic (exact) mass is 396 g/mol. The van der Waals surface area contributed by atoms with Gasteiger partial charge in [0.2, 0.25) is 0 Å². The van der Waals surface area contributed by atoms with Crippen molar-refractivity contribution in [2.45, 2.75) is 70.8 Å². The number of carbonyl (C=O) groups is 1. The number of hydrogen-bond acceptors (Lipinski definition) is 3. The highest BCUT2D eigenvalue weighted by Crippen LogP contribution is 2.40. The molecule has 3 rings (SSSR count). The minimum Gasteiger partial charge on any atom is -0.493 e. The third-order valence-corrected chi connectivity index (χ3v) is 5.58. The predicted octanol–water partition coefficient (Wildman–Crippen LogP) is 6.00. The normalized spacial score (nSPS) is 14.8. The van der Waals surface area contributed by atoms with Gasteiger partial charge in [0.15, 0.2) is 11.5 Å². The molecule has 0 saturated heterocycles. The van der Waals surface area contributed by atoms with Crippen molar-refractivity contribution in [2.24, 2.45) is 0 Å². The Morgan fingerprint density at radius 3 is 2.45 bits per heavy atom. The van der Waals surface area contributed by atoms with Gasteiger partial charge in [0.1, 0.15) is 0 Å². The zero-order chi connectivity index (χ0) is 21.0.